The lowest BCUT2D eigenvalue weighted by atomic mass is 10.2. The number of benzene rings is 3. The number of hydrogen-bond donors (Lipinski definition) is 0. The molecule has 6 nitrogen and oxygen atoms in total. The Balaban J connectivity index is 1.70. The van der Waals surface area contributed by atoms with Gasteiger partial charge in [-0.3, -0.25) is 9.10 Å². The van der Waals surface area contributed by atoms with E-state index in [0.29, 0.717) is 27.6 Å². The van der Waals surface area contributed by atoms with Crippen LogP contribution < -0.4 is 9.11 Å². The maximum absolute atomic E-state index is 13.2. The fourth-order valence-corrected chi connectivity index (χ4v) is 6.56. The minimum absolute atomic E-state index is 0.105. The average molecular weight is 526 g/mol. The van der Waals surface area contributed by atoms with E-state index in [1.54, 1.807) is 37.3 Å². The van der Waals surface area contributed by atoms with Gasteiger partial charge in [0.15, 0.2) is 4.80 Å². The highest BCUT2D eigenvalue weighted by Gasteiger charge is 2.23. The van der Waals surface area contributed by atoms with Crippen LogP contribution in [0.5, 0.6) is 0 Å². The second kappa shape index (κ2) is 10.2. The molecule has 0 aliphatic heterocycles. The van der Waals surface area contributed by atoms with E-state index in [4.69, 9.17) is 11.6 Å². The van der Waals surface area contributed by atoms with Crippen molar-refractivity contribution >= 4 is 54.8 Å². The zero-order valence-corrected chi connectivity index (χ0v) is 21.7. The van der Waals surface area contributed by atoms with Gasteiger partial charge in [-0.2, -0.15) is 4.99 Å². The molecule has 9 heteroatoms. The minimum atomic E-state index is -3.78. The van der Waals surface area contributed by atoms with Crippen molar-refractivity contribution in [1.29, 1.82) is 0 Å². The molecule has 0 saturated carbocycles. The number of para-hydroxylation sites is 1. The summed E-state index contributed by atoms with van der Waals surface area (Å²) in [5.74, 6) is -0.461. The quantitative estimate of drug-likeness (QED) is 0.286. The van der Waals surface area contributed by atoms with Crippen LogP contribution in [0.15, 0.2) is 89.3 Å². The van der Waals surface area contributed by atoms with Crippen molar-refractivity contribution in [3.05, 3.63) is 100 Å². The third kappa shape index (κ3) is 4.82. The molecule has 35 heavy (non-hydrogen) atoms. The first kappa shape index (κ1) is 24.9. The van der Waals surface area contributed by atoms with Crippen LogP contribution in [0.1, 0.15) is 22.8 Å². The Labute approximate surface area is 213 Å². The number of halogens is 1. The summed E-state index contributed by atoms with van der Waals surface area (Å²) in [6.45, 7) is 8.26. The zero-order chi connectivity index (χ0) is 25.2. The van der Waals surface area contributed by atoms with Crippen LogP contribution in [0, 0.1) is 6.92 Å². The Morgan fingerprint density at radius 3 is 2.43 bits per heavy atom. The molecule has 0 spiro atoms. The number of carbonyl (C=O) groups is 1. The van der Waals surface area contributed by atoms with Crippen molar-refractivity contribution in [1.82, 2.24) is 4.57 Å². The maximum Gasteiger partial charge on any atom is 0.279 e. The lowest BCUT2D eigenvalue weighted by molar-refractivity contribution is 0.0998. The number of nitrogens with zero attached hydrogens (tertiary/aromatic N) is 3. The van der Waals surface area contributed by atoms with Crippen LogP contribution in [0.25, 0.3) is 10.2 Å². The predicted octanol–water partition coefficient (Wildman–Crippen LogP) is 5.81. The van der Waals surface area contributed by atoms with E-state index in [2.05, 4.69) is 11.6 Å². The van der Waals surface area contributed by atoms with Gasteiger partial charge in [0.05, 0.1) is 20.8 Å². The van der Waals surface area contributed by atoms with Crippen molar-refractivity contribution in [3.8, 4) is 0 Å². The smallest absolute Gasteiger partial charge is 0.279 e. The summed E-state index contributed by atoms with van der Waals surface area (Å²) in [5.41, 5.74) is 2.70. The van der Waals surface area contributed by atoms with Gasteiger partial charge in [0.1, 0.15) is 0 Å². The third-order valence-corrected chi connectivity index (χ3v) is 8.93. The number of allylic oxidation sites excluding steroid dienone is 1. The average Bonchev–Trinajstić information content (AvgIpc) is 3.20. The molecule has 4 aromatic rings. The molecule has 180 valence electrons. The van der Waals surface area contributed by atoms with Gasteiger partial charge in [0, 0.05) is 23.7 Å². The fourth-order valence-electron chi connectivity index (χ4n) is 3.83. The van der Waals surface area contributed by atoms with E-state index in [1.807, 2.05) is 29.7 Å². The van der Waals surface area contributed by atoms with E-state index >= 15 is 0 Å². The summed E-state index contributed by atoms with van der Waals surface area (Å²) >= 11 is 7.70. The standard InChI is InChI=1S/C26H24ClN3O3S2/c1-4-17-29-24-18(3)22(27)15-16-23(24)34-26(29)28-25(31)19-11-13-21(14-12-19)35(32,33)30(5-2)20-9-7-6-8-10-20/h4,6-16H,1,5,17H2,2-3H3. The molecule has 0 aliphatic rings. The number of thiazole rings is 1. The van der Waals surface area contributed by atoms with Crippen LogP contribution in [0.4, 0.5) is 5.69 Å². The number of aryl methyl sites for hydroxylation is 1. The first-order valence-corrected chi connectivity index (χ1v) is 13.6. The van der Waals surface area contributed by atoms with Crippen molar-refractivity contribution in [2.45, 2.75) is 25.3 Å². The Bertz CT molecular complexity index is 1570. The molecule has 0 unspecified atom stereocenters. The normalized spacial score (nSPS) is 12.1. The first-order chi connectivity index (χ1) is 16.8. The lowest BCUT2D eigenvalue weighted by Gasteiger charge is -2.22. The largest absolute Gasteiger partial charge is 0.312 e. The highest BCUT2D eigenvalue weighted by atomic mass is 35.5. The molecule has 3 aromatic carbocycles. The summed E-state index contributed by atoms with van der Waals surface area (Å²) in [7, 11) is -3.78. The molecule has 0 fully saturated rings. The topological polar surface area (TPSA) is 71.7 Å². The fraction of sp³-hybridized carbons (Fsp3) is 0.154. The highest BCUT2D eigenvalue weighted by molar-refractivity contribution is 7.92. The van der Waals surface area contributed by atoms with Gasteiger partial charge < -0.3 is 4.57 Å². The van der Waals surface area contributed by atoms with Gasteiger partial charge in [0.2, 0.25) is 0 Å². The summed E-state index contributed by atoms with van der Waals surface area (Å²) in [6, 6.07) is 18.5. The van der Waals surface area contributed by atoms with Gasteiger partial charge >= 0.3 is 0 Å². The van der Waals surface area contributed by atoms with E-state index in [9.17, 15) is 13.2 Å². The van der Waals surface area contributed by atoms with Gasteiger partial charge in [0.25, 0.3) is 15.9 Å². The molecular weight excluding hydrogens is 502 g/mol. The first-order valence-electron chi connectivity index (χ1n) is 10.9. The van der Waals surface area contributed by atoms with Gasteiger partial charge in [-0.15, -0.1) is 6.58 Å². The van der Waals surface area contributed by atoms with E-state index < -0.39 is 15.9 Å². The van der Waals surface area contributed by atoms with Crippen LogP contribution in [-0.2, 0) is 16.6 Å². The van der Waals surface area contributed by atoms with Crippen molar-refractivity contribution in [2.24, 2.45) is 4.99 Å². The predicted molar refractivity (Wildman–Crippen MR) is 143 cm³/mol. The number of sulfonamides is 1. The Morgan fingerprint density at radius 2 is 1.80 bits per heavy atom. The molecule has 0 N–H and O–H groups in total. The number of hydrogen-bond acceptors (Lipinski definition) is 4. The number of amides is 1. The molecule has 0 aliphatic carbocycles. The molecule has 0 radical (unpaired) electrons. The third-order valence-electron chi connectivity index (χ3n) is 5.56. The molecule has 0 bridgehead atoms. The van der Waals surface area contributed by atoms with E-state index in [-0.39, 0.29) is 11.4 Å². The molecule has 0 atom stereocenters. The number of carbonyl (C=O) groups excluding carboxylic acids is 1. The molecular formula is C26H24ClN3O3S2. The van der Waals surface area contributed by atoms with Crippen LogP contribution in [-0.4, -0.2) is 25.4 Å². The van der Waals surface area contributed by atoms with Crippen LogP contribution >= 0.6 is 22.9 Å². The molecule has 0 saturated heterocycles. The monoisotopic (exact) mass is 525 g/mol. The summed E-state index contributed by atoms with van der Waals surface area (Å²) in [4.78, 5) is 18.0. The maximum atomic E-state index is 13.2. The van der Waals surface area contributed by atoms with Gasteiger partial charge in [-0.25, -0.2) is 8.42 Å². The van der Waals surface area contributed by atoms with E-state index in [1.165, 1.54) is 39.9 Å². The molecule has 1 heterocycles. The summed E-state index contributed by atoms with van der Waals surface area (Å²) in [5, 5.41) is 0.638. The zero-order valence-electron chi connectivity index (χ0n) is 19.3. The highest BCUT2D eigenvalue weighted by Crippen LogP contribution is 2.27. The van der Waals surface area contributed by atoms with Gasteiger partial charge in [-0.05, 0) is 67.9 Å². The van der Waals surface area contributed by atoms with Crippen LogP contribution in [0.3, 0.4) is 0 Å². The van der Waals surface area contributed by atoms with Crippen molar-refractivity contribution < 1.29 is 13.2 Å². The van der Waals surface area contributed by atoms with Gasteiger partial charge in [-0.1, -0.05) is 47.2 Å². The Kier molecular flexibility index (Phi) is 7.25. The number of fused-ring (bicyclic) bond motifs is 1. The Hall–Kier alpha value is -3.20. The lowest BCUT2D eigenvalue weighted by Crippen LogP contribution is -2.30. The van der Waals surface area contributed by atoms with Crippen molar-refractivity contribution in [2.75, 3.05) is 10.8 Å². The second-order valence-corrected chi connectivity index (χ2v) is 11.0. The second-order valence-electron chi connectivity index (χ2n) is 7.75. The van der Waals surface area contributed by atoms with Crippen LogP contribution in [0.2, 0.25) is 5.02 Å². The SMILES string of the molecule is C=CCn1c(=NC(=O)c2ccc(S(=O)(=O)N(CC)c3ccccc3)cc2)sc2ccc(Cl)c(C)c21. The number of aromatic nitrogens is 1. The van der Waals surface area contributed by atoms with E-state index in [0.717, 1.165) is 15.8 Å². The minimum Gasteiger partial charge on any atom is -0.312 e. The number of anilines is 1. The molecule has 1 amide bonds. The summed E-state index contributed by atoms with van der Waals surface area (Å²) < 4.78 is 30.6. The summed E-state index contributed by atoms with van der Waals surface area (Å²) in [6.07, 6.45) is 1.74. The van der Waals surface area contributed by atoms with Crippen molar-refractivity contribution in [3.63, 3.8) is 0 Å². The number of rotatable bonds is 7. The molecule has 1 aromatic heterocycles. The molecule has 4 rings (SSSR count). The Morgan fingerprint density at radius 1 is 1.11 bits per heavy atom.